The number of hydrogen-bond acceptors (Lipinski definition) is 1. The highest BCUT2D eigenvalue weighted by atomic mass is 35.5. The first-order valence-electron chi connectivity index (χ1n) is 5.93. The van der Waals surface area contributed by atoms with Crippen LogP contribution in [0.4, 0.5) is 5.69 Å². The fourth-order valence-corrected chi connectivity index (χ4v) is 3.84. The highest BCUT2D eigenvalue weighted by molar-refractivity contribution is 6.18. The zero-order chi connectivity index (χ0) is 11.4. The third kappa shape index (κ3) is 1.24. The number of anilines is 1. The van der Waals surface area contributed by atoms with Crippen molar-refractivity contribution in [3.63, 3.8) is 0 Å². The topological polar surface area (TPSA) is 3.24 Å². The van der Waals surface area contributed by atoms with Crippen LogP contribution in [-0.4, -0.2) is 20.0 Å². The number of alkyl halides is 1. The summed E-state index contributed by atoms with van der Waals surface area (Å²) < 4.78 is 0. The molecule has 1 nitrogen and oxygen atoms in total. The van der Waals surface area contributed by atoms with Crippen molar-refractivity contribution in [3.05, 3.63) is 29.8 Å². The van der Waals surface area contributed by atoms with Crippen molar-refractivity contribution < 1.29 is 0 Å². The second-order valence-corrected chi connectivity index (χ2v) is 6.15. The molecule has 0 N–H and O–H groups in total. The van der Waals surface area contributed by atoms with E-state index in [0.717, 1.165) is 5.88 Å². The lowest BCUT2D eigenvalue weighted by molar-refractivity contribution is -0.122. The standard InChI is InChI=1S/C14H18ClN/c1-16(2)12-5-3-11(4-6-12)14-7-13(8-14,9-14)10-15/h3-6H,7-10H2,1-2H3. The van der Waals surface area contributed by atoms with Crippen molar-refractivity contribution in [2.75, 3.05) is 24.9 Å². The third-order valence-corrected chi connectivity index (χ3v) is 4.99. The second-order valence-electron chi connectivity index (χ2n) is 5.89. The van der Waals surface area contributed by atoms with E-state index in [2.05, 4.69) is 43.3 Å². The first-order chi connectivity index (χ1) is 7.59. The molecule has 0 amide bonds. The Morgan fingerprint density at radius 2 is 1.69 bits per heavy atom. The molecule has 86 valence electrons. The van der Waals surface area contributed by atoms with Crippen molar-refractivity contribution in [1.29, 1.82) is 0 Å². The monoisotopic (exact) mass is 235 g/mol. The Kier molecular flexibility index (Phi) is 2.07. The molecule has 0 saturated heterocycles. The Morgan fingerprint density at radius 1 is 1.12 bits per heavy atom. The van der Waals surface area contributed by atoms with E-state index in [1.807, 2.05) is 0 Å². The molecule has 3 aliphatic rings. The van der Waals surface area contributed by atoms with Gasteiger partial charge in [-0.15, -0.1) is 11.6 Å². The summed E-state index contributed by atoms with van der Waals surface area (Å²) in [6.07, 6.45) is 3.93. The van der Waals surface area contributed by atoms with Crippen molar-refractivity contribution >= 4 is 17.3 Å². The number of benzene rings is 1. The second kappa shape index (κ2) is 3.16. The van der Waals surface area contributed by atoms with Gasteiger partial charge in [0.1, 0.15) is 0 Å². The highest BCUT2D eigenvalue weighted by Crippen LogP contribution is 2.73. The summed E-state index contributed by atoms with van der Waals surface area (Å²) in [5.41, 5.74) is 3.81. The van der Waals surface area contributed by atoms with E-state index in [1.165, 1.54) is 30.5 Å². The zero-order valence-corrected chi connectivity index (χ0v) is 10.7. The maximum atomic E-state index is 5.99. The van der Waals surface area contributed by atoms with Gasteiger partial charge >= 0.3 is 0 Å². The number of halogens is 1. The normalized spacial score (nSPS) is 35.2. The van der Waals surface area contributed by atoms with Crippen LogP contribution in [0.2, 0.25) is 0 Å². The first-order valence-corrected chi connectivity index (χ1v) is 6.47. The molecular weight excluding hydrogens is 218 g/mol. The van der Waals surface area contributed by atoms with Crippen LogP contribution in [0.15, 0.2) is 24.3 Å². The molecule has 0 aliphatic heterocycles. The quantitative estimate of drug-likeness (QED) is 0.726. The SMILES string of the molecule is CN(C)c1ccc(C23CC(CCl)(C2)C3)cc1. The molecule has 3 saturated carbocycles. The van der Waals surface area contributed by atoms with Gasteiger partial charge < -0.3 is 4.90 Å². The van der Waals surface area contributed by atoms with Crippen LogP contribution in [0.25, 0.3) is 0 Å². The summed E-state index contributed by atoms with van der Waals surface area (Å²) >= 11 is 5.99. The van der Waals surface area contributed by atoms with Crippen LogP contribution in [0.5, 0.6) is 0 Å². The molecule has 16 heavy (non-hydrogen) atoms. The van der Waals surface area contributed by atoms with Gasteiger partial charge in [0.25, 0.3) is 0 Å². The summed E-state index contributed by atoms with van der Waals surface area (Å²) in [6.45, 7) is 0. The van der Waals surface area contributed by atoms with Crippen molar-refractivity contribution in [2.24, 2.45) is 5.41 Å². The van der Waals surface area contributed by atoms with E-state index in [9.17, 15) is 0 Å². The van der Waals surface area contributed by atoms with E-state index in [0.29, 0.717) is 10.8 Å². The minimum absolute atomic E-state index is 0.500. The molecule has 0 spiro atoms. The van der Waals surface area contributed by atoms with Crippen LogP contribution >= 0.6 is 11.6 Å². The minimum Gasteiger partial charge on any atom is -0.378 e. The fourth-order valence-electron chi connectivity index (χ4n) is 3.56. The summed E-state index contributed by atoms with van der Waals surface area (Å²) in [5, 5.41) is 0. The zero-order valence-electron chi connectivity index (χ0n) is 9.96. The maximum Gasteiger partial charge on any atom is 0.0361 e. The fraction of sp³-hybridized carbons (Fsp3) is 0.571. The molecule has 3 fully saturated rings. The van der Waals surface area contributed by atoms with Gasteiger partial charge in [-0.25, -0.2) is 0 Å². The molecule has 0 heterocycles. The lowest BCUT2D eigenvalue weighted by Gasteiger charge is -2.71. The lowest BCUT2D eigenvalue weighted by Crippen LogP contribution is -2.65. The molecule has 0 radical (unpaired) electrons. The van der Waals surface area contributed by atoms with Crippen molar-refractivity contribution in [3.8, 4) is 0 Å². The average molecular weight is 236 g/mol. The highest BCUT2D eigenvalue weighted by Gasteiger charge is 2.67. The van der Waals surface area contributed by atoms with Crippen LogP contribution in [0.1, 0.15) is 24.8 Å². The van der Waals surface area contributed by atoms with Crippen molar-refractivity contribution in [1.82, 2.24) is 0 Å². The first kappa shape index (κ1) is 10.5. The van der Waals surface area contributed by atoms with Gasteiger partial charge in [-0.2, -0.15) is 0 Å². The molecule has 4 rings (SSSR count). The summed E-state index contributed by atoms with van der Waals surface area (Å²) in [7, 11) is 4.16. The Balaban J connectivity index is 1.78. The molecule has 2 bridgehead atoms. The number of rotatable bonds is 3. The van der Waals surface area contributed by atoms with Crippen LogP contribution < -0.4 is 4.90 Å². The van der Waals surface area contributed by atoms with E-state index in [4.69, 9.17) is 11.6 Å². The van der Waals surface area contributed by atoms with Gasteiger partial charge in [0, 0.05) is 25.7 Å². The maximum absolute atomic E-state index is 5.99. The van der Waals surface area contributed by atoms with E-state index in [1.54, 1.807) is 0 Å². The van der Waals surface area contributed by atoms with E-state index < -0.39 is 0 Å². The molecule has 2 heteroatoms. The van der Waals surface area contributed by atoms with Gasteiger partial charge in [-0.1, -0.05) is 12.1 Å². The molecule has 0 unspecified atom stereocenters. The van der Waals surface area contributed by atoms with Gasteiger partial charge in [0.2, 0.25) is 0 Å². The van der Waals surface area contributed by atoms with Crippen LogP contribution in [0.3, 0.4) is 0 Å². The summed E-state index contributed by atoms with van der Waals surface area (Å²) in [4.78, 5) is 2.14. The van der Waals surface area contributed by atoms with Gasteiger partial charge in [-0.3, -0.25) is 0 Å². The largest absolute Gasteiger partial charge is 0.378 e. The van der Waals surface area contributed by atoms with Crippen LogP contribution in [-0.2, 0) is 5.41 Å². The molecule has 1 aromatic rings. The molecule has 0 atom stereocenters. The van der Waals surface area contributed by atoms with Crippen molar-refractivity contribution in [2.45, 2.75) is 24.7 Å². The molecule has 1 aromatic carbocycles. The Bertz CT molecular complexity index is 387. The Hall–Kier alpha value is -0.690. The Morgan fingerprint density at radius 3 is 2.12 bits per heavy atom. The summed E-state index contributed by atoms with van der Waals surface area (Å²) in [6, 6.07) is 9.05. The van der Waals surface area contributed by atoms with Gasteiger partial charge in [-0.05, 0) is 47.8 Å². The van der Waals surface area contributed by atoms with Gasteiger partial charge in [0.05, 0.1) is 0 Å². The van der Waals surface area contributed by atoms with E-state index in [-0.39, 0.29) is 0 Å². The lowest BCUT2D eigenvalue weighted by atomic mass is 9.34. The predicted molar refractivity (Wildman–Crippen MR) is 69.5 cm³/mol. The predicted octanol–water partition coefficient (Wildman–Crippen LogP) is 3.41. The molecular formula is C14H18ClN. The third-order valence-electron chi connectivity index (χ3n) is 4.42. The molecule has 3 aliphatic carbocycles. The van der Waals surface area contributed by atoms with Crippen LogP contribution in [0, 0.1) is 5.41 Å². The average Bonchev–Trinajstić information content (AvgIpc) is 2.15. The summed E-state index contributed by atoms with van der Waals surface area (Å²) in [5.74, 6) is 0.852. The number of hydrogen-bond donors (Lipinski definition) is 0. The van der Waals surface area contributed by atoms with Gasteiger partial charge in [0.15, 0.2) is 0 Å². The number of nitrogens with zero attached hydrogens (tertiary/aromatic N) is 1. The Labute approximate surface area is 102 Å². The smallest absolute Gasteiger partial charge is 0.0361 e. The van der Waals surface area contributed by atoms with E-state index >= 15 is 0 Å². The minimum atomic E-state index is 0.500. The molecule has 0 aromatic heterocycles.